The molecule has 1 N–H and O–H groups in total. The van der Waals surface area contributed by atoms with Crippen molar-refractivity contribution in [3.63, 3.8) is 0 Å². The SMILES string of the molecule is O=C(O)CC1C2CCC3CCC(C2)C31. The van der Waals surface area contributed by atoms with Crippen molar-refractivity contribution in [1.82, 2.24) is 0 Å². The lowest BCUT2D eigenvalue weighted by Gasteiger charge is -2.33. The van der Waals surface area contributed by atoms with Crippen LogP contribution in [0.1, 0.15) is 38.5 Å². The van der Waals surface area contributed by atoms with E-state index in [9.17, 15) is 4.79 Å². The van der Waals surface area contributed by atoms with Crippen molar-refractivity contribution in [1.29, 1.82) is 0 Å². The minimum absolute atomic E-state index is 0.447. The van der Waals surface area contributed by atoms with Crippen molar-refractivity contribution in [2.24, 2.45) is 29.6 Å². The van der Waals surface area contributed by atoms with Gasteiger partial charge in [-0.25, -0.2) is 0 Å². The van der Waals surface area contributed by atoms with Crippen LogP contribution in [-0.2, 0) is 4.79 Å². The van der Waals surface area contributed by atoms with Crippen LogP contribution >= 0.6 is 0 Å². The fourth-order valence-electron chi connectivity index (χ4n) is 4.65. The maximum Gasteiger partial charge on any atom is 0.303 e. The zero-order valence-corrected chi connectivity index (χ0v) is 8.48. The molecular weight excluding hydrogens is 176 g/mol. The molecule has 3 aliphatic carbocycles. The van der Waals surface area contributed by atoms with Gasteiger partial charge in [-0.2, -0.15) is 0 Å². The van der Waals surface area contributed by atoms with Crippen LogP contribution in [0.4, 0.5) is 0 Å². The van der Waals surface area contributed by atoms with E-state index in [2.05, 4.69) is 0 Å². The molecule has 0 aromatic carbocycles. The molecule has 0 saturated heterocycles. The average molecular weight is 194 g/mol. The van der Waals surface area contributed by atoms with Crippen LogP contribution in [0, 0.1) is 29.6 Å². The highest BCUT2D eigenvalue weighted by molar-refractivity contribution is 5.67. The summed E-state index contributed by atoms with van der Waals surface area (Å²) in [5.41, 5.74) is 0. The molecule has 14 heavy (non-hydrogen) atoms. The number of fused-ring (bicyclic) bond motifs is 1. The maximum atomic E-state index is 10.8. The molecule has 2 nitrogen and oxygen atoms in total. The standard InChI is InChI=1S/C12H18O2/c13-11(14)6-10-8-3-1-7-2-4-9(5-8)12(7)10/h7-10,12H,1-6H2,(H,13,14). The first-order chi connectivity index (χ1) is 6.75. The smallest absolute Gasteiger partial charge is 0.303 e. The molecule has 0 aromatic rings. The van der Waals surface area contributed by atoms with E-state index in [4.69, 9.17) is 5.11 Å². The van der Waals surface area contributed by atoms with Crippen molar-refractivity contribution >= 4 is 5.97 Å². The summed E-state index contributed by atoms with van der Waals surface area (Å²) < 4.78 is 0. The van der Waals surface area contributed by atoms with Crippen molar-refractivity contribution in [3.8, 4) is 0 Å². The highest BCUT2D eigenvalue weighted by Gasteiger charge is 2.52. The summed E-state index contributed by atoms with van der Waals surface area (Å²) in [4.78, 5) is 10.8. The van der Waals surface area contributed by atoms with Crippen molar-refractivity contribution < 1.29 is 9.90 Å². The first-order valence-electron chi connectivity index (χ1n) is 5.97. The van der Waals surface area contributed by atoms with Crippen molar-refractivity contribution in [2.75, 3.05) is 0 Å². The second-order valence-corrected chi connectivity index (χ2v) is 5.51. The Labute approximate surface area is 84.7 Å². The molecule has 0 spiro atoms. The summed E-state index contributed by atoms with van der Waals surface area (Å²) in [6, 6.07) is 0. The van der Waals surface area contributed by atoms with Crippen molar-refractivity contribution in [2.45, 2.75) is 38.5 Å². The van der Waals surface area contributed by atoms with E-state index in [0.717, 1.165) is 23.7 Å². The summed E-state index contributed by atoms with van der Waals surface area (Å²) in [6.07, 6.45) is 7.28. The molecule has 2 heteroatoms. The van der Waals surface area contributed by atoms with Gasteiger partial charge in [-0.15, -0.1) is 0 Å². The van der Waals surface area contributed by atoms with Gasteiger partial charge in [0.2, 0.25) is 0 Å². The highest BCUT2D eigenvalue weighted by Crippen LogP contribution is 2.60. The van der Waals surface area contributed by atoms with Crippen LogP contribution < -0.4 is 0 Å². The molecule has 3 saturated carbocycles. The molecule has 3 aliphatic rings. The van der Waals surface area contributed by atoms with E-state index in [-0.39, 0.29) is 0 Å². The van der Waals surface area contributed by atoms with E-state index in [1.165, 1.54) is 32.1 Å². The molecule has 78 valence electrons. The van der Waals surface area contributed by atoms with Gasteiger partial charge in [0.1, 0.15) is 0 Å². The minimum Gasteiger partial charge on any atom is -0.481 e. The number of aliphatic carboxylic acids is 1. The third-order valence-corrected chi connectivity index (χ3v) is 5.02. The Hall–Kier alpha value is -0.530. The Morgan fingerprint density at radius 3 is 2.43 bits per heavy atom. The van der Waals surface area contributed by atoms with Crippen LogP contribution in [0.15, 0.2) is 0 Å². The normalized spacial score (nSPS) is 49.6. The summed E-state index contributed by atoms with van der Waals surface area (Å²) in [6.45, 7) is 0. The molecular formula is C12H18O2. The lowest BCUT2D eigenvalue weighted by Crippen LogP contribution is -2.28. The van der Waals surface area contributed by atoms with Gasteiger partial charge in [0.25, 0.3) is 0 Å². The minimum atomic E-state index is -0.576. The lowest BCUT2D eigenvalue weighted by molar-refractivity contribution is -0.139. The number of carboxylic acid groups (broad SMARTS) is 1. The zero-order valence-electron chi connectivity index (χ0n) is 8.48. The second-order valence-electron chi connectivity index (χ2n) is 5.51. The molecule has 0 radical (unpaired) electrons. The third-order valence-electron chi connectivity index (χ3n) is 5.02. The van der Waals surface area contributed by atoms with Gasteiger partial charge in [0.15, 0.2) is 0 Å². The van der Waals surface area contributed by atoms with Crippen LogP contribution in [0.25, 0.3) is 0 Å². The van der Waals surface area contributed by atoms with E-state index >= 15 is 0 Å². The first kappa shape index (κ1) is 8.75. The Morgan fingerprint density at radius 1 is 1.07 bits per heavy atom. The van der Waals surface area contributed by atoms with E-state index < -0.39 is 5.97 Å². The van der Waals surface area contributed by atoms with Gasteiger partial charge < -0.3 is 5.11 Å². The summed E-state index contributed by atoms with van der Waals surface area (Å²) in [5.74, 6) is 3.31. The van der Waals surface area contributed by atoms with Crippen LogP contribution in [-0.4, -0.2) is 11.1 Å². The third kappa shape index (κ3) is 1.12. The number of carbonyl (C=O) groups is 1. The van der Waals surface area contributed by atoms with Gasteiger partial charge in [0, 0.05) is 6.42 Å². The quantitative estimate of drug-likeness (QED) is 0.733. The second kappa shape index (κ2) is 2.98. The molecule has 5 unspecified atom stereocenters. The molecule has 2 bridgehead atoms. The molecule has 3 fully saturated rings. The monoisotopic (exact) mass is 194 g/mol. The predicted octanol–water partition coefficient (Wildman–Crippen LogP) is 2.53. The van der Waals surface area contributed by atoms with Gasteiger partial charge >= 0.3 is 5.97 Å². The van der Waals surface area contributed by atoms with E-state index in [1.807, 2.05) is 0 Å². The van der Waals surface area contributed by atoms with Gasteiger partial charge in [-0.05, 0) is 61.7 Å². The van der Waals surface area contributed by atoms with E-state index in [1.54, 1.807) is 0 Å². The molecule has 0 amide bonds. The topological polar surface area (TPSA) is 37.3 Å². The summed E-state index contributed by atoms with van der Waals surface area (Å²) in [5, 5.41) is 8.92. The van der Waals surface area contributed by atoms with Crippen molar-refractivity contribution in [3.05, 3.63) is 0 Å². The Bertz CT molecular complexity index is 255. The van der Waals surface area contributed by atoms with Crippen LogP contribution in [0.2, 0.25) is 0 Å². The van der Waals surface area contributed by atoms with Crippen LogP contribution in [0.5, 0.6) is 0 Å². The number of rotatable bonds is 2. The Balaban J connectivity index is 1.83. The molecule has 5 atom stereocenters. The summed E-state index contributed by atoms with van der Waals surface area (Å²) >= 11 is 0. The predicted molar refractivity (Wildman–Crippen MR) is 52.8 cm³/mol. The van der Waals surface area contributed by atoms with Crippen LogP contribution in [0.3, 0.4) is 0 Å². The molecule has 3 rings (SSSR count). The fraction of sp³-hybridized carbons (Fsp3) is 0.917. The van der Waals surface area contributed by atoms with Gasteiger partial charge in [-0.3, -0.25) is 4.79 Å². The highest BCUT2D eigenvalue weighted by atomic mass is 16.4. The van der Waals surface area contributed by atoms with Gasteiger partial charge in [-0.1, -0.05) is 0 Å². The molecule has 0 aromatic heterocycles. The first-order valence-corrected chi connectivity index (χ1v) is 5.97. The van der Waals surface area contributed by atoms with Gasteiger partial charge in [0.05, 0.1) is 0 Å². The average Bonchev–Trinajstić information content (AvgIpc) is 2.54. The summed E-state index contributed by atoms with van der Waals surface area (Å²) in [7, 11) is 0. The number of hydrogen-bond acceptors (Lipinski definition) is 1. The van der Waals surface area contributed by atoms with E-state index in [0.29, 0.717) is 12.3 Å². The molecule has 0 heterocycles. The Morgan fingerprint density at radius 2 is 1.71 bits per heavy atom. The largest absolute Gasteiger partial charge is 0.481 e. The Kier molecular flexibility index (Phi) is 1.86. The lowest BCUT2D eigenvalue weighted by atomic mass is 9.71. The number of hydrogen-bond donors (Lipinski definition) is 1. The number of carboxylic acids is 1. The zero-order chi connectivity index (χ0) is 9.71. The molecule has 0 aliphatic heterocycles. The maximum absolute atomic E-state index is 10.8. The fourth-order valence-corrected chi connectivity index (χ4v) is 4.65.